The molecule has 2 N–H and O–H groups in total. The molecule has 0 unspecified atom stereocenters. The molecule has 1 fully saturated rings. The summed E-state index contributed by atoms with van der Waals surface area (Å²) in [6.07, 6.45) is 3.73. The number of nitrogens with zero attached hydrogens (tertiary/aromatic N) is 1. The van der Waals surface area contributed by atoms with E-state index in [1.165, 1.54) is 18.2 Å². The Labute approximate surface area is 208 Å². The summed E-state index contributed by atoms with van der Waals surface area (Å²) in [4.78, 5) is 23.9. The summed E-state index contributed by atoms with van der Waals surface area (Å²) < 4.78 is 12.5. The van der Waals surface area contributed by atoms with Gasteiger partial charge in [0.2, 0.25) is 0 Å². The second kappa shape index (κ2) is 11.2. The van der Waals surface area contributed by atoms with E-state index in [1.54, 1.807) is 0 Å². The molecule has 1 saturated carbocycles. The minimum Gasteiger partial charge on any atom is -0.542 e. The Morgan fingerprint density at radius 2 is 1.80 bits per heavy atom. The van der Waals surface area contributed by atoms with Crippen molar-refractivity contribution in [3.05, 3.63) is 64.2 Å². The van der Waals surface area contributed by atoms with E-state index >= 15 is 0 Å². The summed E-state index contributed by atoms with van der Waals surface area (Å²) in [5.41, 5.74) is 1.43. The highest BCUT2D eigenvalue weighted by Crippen LogP contribution is 2.40. The normalized spacial score (nSPS) is 18.5. The molecule has 2 aromatic carbocycles. The summed E-state index contributed by atoms with van der Waals surface area (Å²) >= 11 is 0. The van der Waals surface area contributed by atoms with E-state index in [0.29, 0.717) is 18.0 Å². The Morgan fingerprint density at radius 1 is 1.11 bits per heavy atom. The van der Waals surface area contributed by atoms with Gasteiger partial charge in [0.05, 0.1) is 35.4 Å². The Kier molecular flexibility index (Phi) is 8.55. The maximum Gasteiger partial charge on any atom is 0.319 e. The van der Waals surface area contributed by atoms with Gasteiger partial charge in [0.25, 0.3) is 14.0 Å². The van der Waals surface area contributed by atoms with Gasteiger partial charge in [0, 0.05) is 6.07 Å². The van der Waals surface area contributed by atoms with Gasteiger partial charge in [-0.15, -0.1) is 0 Å². The van der Waals surface area contributed by atoms with Crippen LogP contribution >= 0.6 is 0 Å². The molecule has 2 atom stereocenters. The number of ether oxygens (including phenoxy) is 1. The number of benzene rings is 2. The molecule has 0 spiro atoms. The van der Waals surface area contributed by atoms with E-state index in [9.17, 15) is 14.9 Å². The number of hydrogen-bond donors (Lipinski definition) is 2. The zero-order valence-electron chi connectivity index (χ0n) is 21.3. The highest BCUT2D eigenvalue weighted by Gasteiger charge is 2.40. The van der Waals surface area contributed by atoms with Crippen molar-refractivity contribution in [3.63, 3.8) is 0 Å². The summed E-state index contributed by atoms with van der Waals surface area (Å²) in [6, 6.07) is 13.8. The van der Waals surface area contributed by atoms with Crippen molar-refractivity contribution in [2.45, 2.75) is 83.3 Å². The summed E-state index contributed by atoms with van der Waals surface area (Å²) in [5, 5.41) is 17.2. The molecule has 1 aliphatic rings. The zero-order chi connectivity index (χ0) is 25.6. The summed E-state index contributed by atoms with van der Waals surface area (Å²) in [7, 11) is -2.30. The number of nitro groups is 1. The van der Waals surface area contributed by atoms with Crippen molar-refractivity contribution >= 4 is 25.7 Å². The van der Waals surface area contributed by atoms with Gasteiger partial charge in [0.15, 0.2) is 0 Å². The molecular formula is C26H37N3O5Si. The smallest absolute Gasteiger partial charge is 0.319 e. The van der Waals surface area contributed by atoms with Crippen LogP contribution in [0.25, 0.3) is 0 Å². The molecule has 0 aliphatic heterocycles. The lowest BCUT2D eigenvalue weighted by Crippen LogP contribution is -2.48. The predicted octanol–water partition coefficient (Wildman–Crippen LogP) is 6.63. The Hall–Kier alpha value is -2.91. The molecule has 35 heavy (non-hydrogen) atoms. The van der Waals surface area contributed by atoms with E-state index in [-0.39, 0.29) is 28.9 Å². The van der Waals surface area contributed by atoms with Crippen LogP contribution < -0.4 is 15.1 Å². The van der Waals surface area contributed by atoms with Gasteiger partial charge < -0.3 is 19.8 Å². The van der Waals surface area contributed by atoms with Crippen LogP contribution in [-0.4, -0.2) is 31.4 Å². The number of nitrogens with one attached hydrogen (secondary N) is 2. The van der Waals surface area contributed by atoms with Crippen molar-refractivity contribution in [1.29, 1.82) is 0 Å². The monoisotopic (exact) mass is 499 g/mol. The number of carbonyl (C=O) groups is 1. The Balaban J connectivity index is 1.71. The molecule has 0 radical (unpaired) electrons. The number of nitro benzene ring substituents is 1. The van der Waals surface area contributed by atoms with Crippen LogP contribution in [0.5, 0.6) is 5.75 Å². The van der Waals surface area contributed by atoms with Crippen LogP contribution in [0.3, 0.4) is 0 Å². The van der Waals surface area contributed by atoms with Crippen LogP contribution in [0.4, 0.5) is 16.2 Å². The maximum absolute atomic E-state index is 13.0. The molecule has 8 nitrogen and oxygen atoms in total. The molecule has 0 aromatic heterocycles. The van der Waals surface area contributed by atoms with Gasteiger partial charge in [-0.05, 0) is 42.6 Å². The Morgan fingerprint density at radius 3 is 2.46 bits per heavy atom. The molecule has 190 valence electrons. The first-order chi connectivity index (χ1) is 16.5. The quantitative estimate of drug-likeness (QED) is 0.241. The van der Waals surface area contributed by atoms with Crippen LogP contribution in [0, 0.1) is 10.1 Å². The van der Waals surface area contributed by atoms with Crippen molar-refractivity contribution in [3.8, 4) is 5.75 Å². The number of anilines is 1. The predicted molar refractivity (Wildman–Crippen MR) is 140 cm³/mol. The number of hydrogen-bond acceptors (Lipinski definition) is 5. The van der Waals surface area contributed by atoms with E-state index in [1.807, 2.05) is 30.3 Å². The topological polar surface area (TPSA) is 103 Å². The molecule has 0 heterocycles. The van der Waals surface area contributed by atoms with E-state index in [2.05, 4.69) is 44.5 Å². The first kappa shape index (κ1) is 26.7. The van der Waals surface area contributed by atoms with Crippen molar-refractivity contribution < 1.29 is 18.9 Å². The molecule has 0 bridgehead atoms. The first-order valence-electron chi connectivity index (χ1n) is 12.2. The third-order valence-electron chi connectivity index (χ3n) is 6.92. The lowest BCUT2D eigenvalue weighted by atomic mass is 9.92. The molecule has 2 aromatic rings. The van der Waals surface area contributed by atoms with Crippen LogP contribution in [0.2, 0.25) is 18.1 Å². The fraction of sp³-hybridized carbons (Fsp3) is 0.500. The average Bonchev–Trinajstić information content (AvgIpc) is 2.79. The molecule has 9 heteroatoms. The highest BCUT2D eigenvalue weighted by molar-refractivity contribution is 6.74. The van der Waals surface area contributed by atoms with Gasteiger partial charge in [-0.25, -0.2) is 4.79 Å². The number of urea groups is 1. The molecule has 0 saturated heterocycles. The standard InChI is InChI=1S/C26H37N3O5Si/c1-26(2,3)35(4,5)34-24-17-20(29(31)32)15-16-22(24)28-25(30)27-21-13-9-10-14-23(21)33-18-19-11-7-6-8-12-19/h6-8,11-12,15-17,21,23H,9-10,13-14,18H2,1-5H3,(H2,27,28,30)/t21-,23-/m1/s1. The summed E-state index contributed by atoms with van der Waals surface area (Å²) in [6.45, 7) is 10.9. The van der Waals surface area contributed by atoms with Gasteiger partial charge in [-0.2, -0.15) is 0 Å². The fourth-order valence-corrected chi connectivity index (χ4v) is 4.83. The first-order valence-corrected chi connectivity index (χ1v) is 15.1. The Bertz CT molecular complexity index is 1020. The molecule has 2 amide bonds. The second-order valence-corrected chi connectivity index (χ2v) is 15.3. The van der Waals surface area contributed by atoms with E-state index in [0.717, 1.165) is 31.2 Å². The third-order valence-corrected chi connectivity index (χ3v) is 11.3. The second-order valence-electron chi connectivity index (χ2n) is 10.6. The molecule has 3 rings (SSSR count). The minimum absolute atomic E-state index is 0.0745. The lowest BCUT2D eigenvalue weighted by molar-refractivity contribution is -0.384. The van der Waals surface area contributed by atoms with Crippen LogP contribution in [0.15, 0.2) is 48.5 Å². The lowest BCUT2D eigenvalue weighted by Gasteiger charge is -2.37. The summed E-state index contributed by atoms with van der Waals surface area (Å²) in [5.74, 6) is 0.321. The van der Waals surface area contributed by atoms with Crippen molar-refractivity contribution in [2.24, 2.45) is 0 Å². The van der Waals surface area contributed by atoms with Gasteiger partial charge in [-0.3, -0.25) is 10.1 Å². The van der Waals surface area contributed by atoms with Crippen LogP contribution in [0.1, 0.15) is 52.0 Å². The van der Waals surface area contributed by atoms with Gasteiger partial charge in [-0.1, -0.05) is 63.9 Å². The van der Waals surface area contributed by atoms with E-state index in [4.69, 9.17) is 9.16 Å². The van der Waals surface area contributed by atoms with Crippen molar-refractivity contribution in [2.75, 3.05) is 5.32 Å². The number of amides is 2. The van der Waals surface area contributed by atoms with Gasteiger partial charge >= 0.3 is 6.03 Å². The molecular weight excluding hydrogens is 462 g/mol. The number of carbonyl (C=O) groups excluding carboxylic acids is 1. The fourth-order valence-electron chi connectivity index (χ4n) is 3.81. The van der Waals surface area contributed by atoms with Crippen molar-refractivity contribution in [1.82, 2.24) is 5.32 Å². The molecule has 1 aliphatic carbocycles. The maximum atomic E-state index is 13.0. The third kappa shape index (κ3) is 7.28. The largest absolute Gasteiger partial charge is 0.542 e. The average molecular weight is 500 g/mol. The number of rotatable bonds is 8. The van der Waals surface area contributed by atoms with E-state index < -0.39 is 13.2 Å². The zero-order valence-corrected chi connectivity index (χ0v) is 22.3. The highest BCUT2D eigenvalue weighted by atomic mass is 28.4. The minimum atomic E-state index is -2.30. The van der Waals surface area contributed by atoms with Crippen LogP contribution in [-0.2, 0) is 11.3 Å². The number of non-ortho nitro benzene ring substituents is 1. The SMILES string of the molecule is CC(C)(C)[Si](C)(C)Oc1cc([N+](=O)[O-])ccc1NC(=O)N[C@@H]1CCCC[C@H]1OCc1ccccc1. The van der Waals surface area contributed by atoms with Gasteiger partial charge in [0.1, 0.15) is 5.75 Å².